The molecule has 0 bridgehead atoms. The molecule has 2 heterocycles. The van der Waals surface area contributed by atoms with E-state index in [1.165, 1.54) is 0 Å². The van der Waals surface area contributed by atoms with E-state index in [-0.39, 0.29) is 11.9 Å². The Bertz CT molecular complexity index is 566. The Balaban J connectivity index is 2.13. The second-order valence-corrected chi connectivity index (χ2v) is 5.16. The van der Waals surface area contributed by atoms with E-state index in [1.54, 1.807) is 30.5 Å². The largest absolute Gasteiger partial charge is 0.373 e. The van der Waals surface area contributed by atoms with Gasteiger partial charge in [-0.05, 0) is 48.4 Å². The molecule has 0 aliphatic carbocycles. The monoisotopic (exact) mass is 275 g/mol. The molecule has 2 N–H and O–H groups in total. The second kappa shape index (κ2) is 5.84. The highest BCUT2D eigenvalue weighted by molar-refractivity contribution is 7.07. The molecule has 0 saturated heterocycles. The molecule has 2 aromatic heterocycles. The van der Waals surface area contributed by atoms with Gasteiger partial charge in [0.05, 0.1) is 6.04 Å². The van der Waals surface area contributed by atoms with Crippen molar-refractivity contribution in [3.63, 3.8) is 0 Å². The molecule has 0 spiro atoms. The second-order valence-electron chi connectivity index (χ2n) is 4.38. The van der Waals surface area contributed by atoms with Crippen LogP contribution in [-0.4, -0.2) is 17.9 Å². The van der Waals surface area contributed by atoms with Crippen molar-refractivity contribution in [2.75, 3.05) is 12.4 Å². The highest BCUT2D eigenvalue weighted by Crippen LogP contribution is 2.17. The SMILES string of the molecule is CNc1cc(C(=O)NC(C)c2ccsc2)cc(C)n1. The fourth-order valence-electron chi connectivity index (χ4n) is 1.81. The molecule has 19 heavy (non-hydrogen) atoms. The zero-order valence-corrected chi connectivity index (χ0v) is 12.0. The number of hydrogen-bond acceptors (Lipinski definition) is 4. The van der Waals surface area contributed by atoms with Crippen molar-refractivity contribution in [2.24, 2.45) is 0 Å². The van der Waals surface area contributed by atoms with Gasteiger partial charge in [-0.1, -0.05) is 0 Å². The number of carbonyl (C=O) groups excluding carboxylic acids is 1. The molecule has 1 atom stereocenters. The number of anilines is 1. The van der Waals surface area contributed by atoms with E-state index in [0.717, 1.165) is 11.3 Å². The van der Waals surface area contributed by atoms with Crippen LogP contribution in [0.4, 0.5) is 5.82 Å². The third-order valence-corrected chi connectivity index (χ3v) is 3.56. The van der Waals surface area contributed by atoms with Crippen LogP contribution in [-0.2, 0) is 0 Å². The van der Waals surface area contributed by atoms with Gasteiger partial charge in [0.2, 0.25) is 0 Å². The molecule has 0 fully saturated rings. The average molecular weight is 275 g/mol. The Hall–Kier alpha value is -1.88. The van der Waals surface area contributed by atoms with Gasteiger partial charge in [-0.2, -0.15) is 11.3 Å². The van der Waals surface area contributed by atoms with Crippen molar-refractivity contribution in [1.82, 2.24) is 10.3 Å². The van der Waals surface area contributed by atoms with E-state index in [4.69, 9.17) is 0 Å². The first-order chi connectivity index (χ1) is 9.10. The number of carbonyl (C=O) groups is 1. The predicted octanol–water partition coefficient (Wildman–Crippen LogP) is 2.98. The van der Waals surface area contributed by atoms with Crippen LogP contribution in [0.15, 0.2) is 29.0 Å². The standard InChI is InChI=1S/C14H17N3OS/c1-9-6-12(7-13(15-3)16-9)14(18)17-10(2)11-4-5-19-8-11/h4-8,10H,1-3H3,(H,15,16)(H,17,18). The Labute approximate surface area is 116 Å². The maximum absolute atomic E-state index is 12.2. The Morgan fingerprint density at radius 3 is 2.84 bits per heavy atom. The zero-order valence-electron chi connectivity index (χ0n) is 11.2. The van der Waals surface area contributed by atoms with Gasteiger partial charge in [-0.25, -0.2) is 4.98 Å². The maximum atomic E-state index is 12.2. The van der Waals surface area contributed by atoms with Gasteiger partial charge in [-0.3, -0.25) is 4.79 Å². The maximum Gasteiger partial charge on any atom is 0.251 e. The molecule has 4 nitrogen and oxygen atoms in total. The minimum Gasteiger partial charge on any atom is -0.373 e. The smallest absolute Gasteiger partial charge is 0.251 e. The van der Waals surface area contributed by atoms with Gasteiger partial charge in [0.1, 0.15) is 5.82 Å². The third kappa shape index (κ3) is 3.32. The molecule has 1 amide bonds. The van der Waals surface area contributed by atoms with Crippen molar-refractivity contribution in [3.8, 4) is 0 Å². The van der Waals surface area contributed by atoms with Gasteiger partial charge < -0.3 is 10.6 Å². The normalized spacial score (nSPS) is 11.9. The van der Waals surface area contributed by atoms with Crippen LogP contribution in [0.3, 0.4) is 0 Å². The molecule has 0 aliphatic heterocycles. The summed E-state index contributed by atoms with van der Waals surface area (Å²) in [5, 5.41) is 9.99. The summed E-state index contributed by atoms with van der Waals surface area (Å²) < 4.78 is 0. The number of aromatic nitrogens is 1. The van der Waals surface area contributed by atoms with E-state index < -0.39 is 0 Å². The number of thiophene rings is 1. The lowest BCUT2D eigenvalue weighted by Crippen LogP contribution is -2.26. The average Bonchev–Trinajstić information content (AvgIpc) is 2.91. The van der Waals surface area contributed by atoms with Crippen molar-refractivity contribution in [2.45, 2.75) is 19.9 Å². The lowest BCUT2D eigenvalue weighted by molar-refractivity contribution is 0.0940. The van der Waals surface area contributed by atoms with Crippen molar-refractivity contribution < 1.29 is 4.79 Å². The lowest BCUT2D eigenvalue weighted by atomic mass is 10.1. The number of nitrogens with zero attached hydrogens (tertiary/aromatic N) is 1. The summed E-state index contributed by atoms with van der Waals surface area (Å²) in [5.74, 6) is 0.619. The molecule has 2 aromatic rings. The molecule has 0 aliphatic rings. The summed E-state index contributed by atoms with van der Waals surface area (Å²) in [6.45, 7) is 3.85. The number of aryl methyl sites for hydroxylation is 1. The minimum absolute atomic E-state index is 0.00487. The summed E-state index contributed by atoms with van der Waals surface area (Å²) in [6.07, 6.45) is 0. The summed E-state index contributed by atoms with van der Waals surface area (Å²) in [4.78, 5) is 16.5. The Morgan fingerprint density at radius 2 is 2.21 bits per heavy atom. The van der Waals surface area contributed by atoms with Gasteiger partial charge in [-0.15, -0.1) is 0 Å². The van der Waals surface area contributed by atoms with Crippen LogP contribution in [0.2, 0.25) is 0 Å². The number of nitrogens with one attached hydrogen (secondary N) is 2. The molecule has 1 unspecified atom stereocenters. The highest BCUT2D eigenvalue weighted by Gasteiger charge is 2.13. The topological polar surface area (TPSA) is 54.0 Å². The molecule has 0 saturated carbocycles. The summed E-state index contributed by atoms with van der Waals surface area (Å²) in [5.41, 5.74) is 2.57. The number of amides is 1. The molecule has 5 heteroatoms. The molecular weight excluding hydrogens is 258 g/mol. The molecule has 2 rings (SSSR count). The number of rotatable bonds is 4. The number of pyridine rings is 1. The van der Waals surface area contributed by atoms with Gasteiger partial charge in [0.15, 0.2) is 0 Å². The quantitative estimate of drug-likeness (QED) is 0.902. The lowest BCUT2D eigenvalue weighted by Gasteiger charge is -2.13. The third-order valence-electron chi connectivity index (χ3n) is 2.86. The molecular formula is C14H17N3OS. The number of hydrogen-bond donors (Lipinski definition) is 2. The van der Waals surface area contributed by atoms with Crippen LogP contribution < -0.4 is 10.6 Å². The van der Waals surface area contributed by atoms with Gasteiger partial charge in [0.25, 0.3) is 5.91 Å². The van der Waals surface area contributed by atoms with Crippen LogP contribution in [0.25, 0.3) is 0 Å². The van der Waals surface area contributed by atoms with Gasteiger partial charge in [0, 0.05) is 18.3 Å². The fourth-order valence-corrected chi connectivity index (χ4v) is 2.57. The van der Waals surface area contributed by atoms with Gasteiger partial charge >= 0.3 is 0 Å². The van der Waals surface area contributed by atoms with Crippen LogP contribution in [0.5, 0.6) is 0 Å². The first-order valence-electron chi connectivity index (χ1n) is 6.09. The van der Waals surface area contributed by atoms with Crippen LogP contribution in [0.1, 0.15) is 34.6 Å². The van der Waals surface area contributed by atoms with E-state index in [0.29, 0.717) is 11.4 Å². The van der Waals surface area contributed by atoms with E-state index in [2.05, 4.69) is 15.6 Å². The summed E-state index contributed by atoms with van der Waals surface area (Å²) >= 11 is 1.63. The predicted molar refractivity (Wildman–Crippen MR) is 78.7 cm³/mol. The Kier molecular flexibility index (Phi) is 4.16. The molecule has 0 aromatic carbocycles. The van der Waals surface area contributed by atoms with Crippen LogP contribution >= 0.6 is 11.3 Å². The Morgan fingerprint density at radius 1 is 1.42 bits per heavy atom. The summed E-state index contributed by atoms with van der Waals surface area (Å²) in [7, 11) is 1.79. The minimum atomic E-state index is -0.0827. The fraction of sp³-hybridized carbons (Fsp3) is 0.286. The zero-order chi connectivity index (χ0) is 13.8. The molecule has 0 radical (unpaired) electrons. The van der Waals surface area contributed by atoms with Crippen molar-refractivity contribution in [3.05, 3.63) is 45.8 Å². The van der Waals surface area contributed by atoms with E-state index >= 15 is 0 Å². The van der Waals surface area contributed by atoms with E-state index in [9.17, 15) is 4.79 Å². The molecule has 100 valence electrons. The summed E-state index contributed by atoms with van der Waals surface area (Å²) in [6, 6.07) is 5.57. The first kappa shape index (κ1) is 13.5. The van der Waals surface area contributed by atoms with Crippen LogP contribution in [0, 0.1) is 6.92 Å². The van der Waals surface area contributed by atoms with Crippen molar-refractivity contribution >= 4 is 23.1 Å². The first-order valence-corrected chi connectivity index (χ1v) is 7.04. The van der Waals surface area contributed by atoms with Crippen molar-refractivity contribution in [1.29, 1.82) is 0 Å². The highest BCUT2D eigenvalue weighted by atomic mass is 32.1. The van der Waals surface area contributed by atoms with E-state index in [1.807, 2.05) is 30.7 Å².